The summed E-state index contributed by atoms with van der Waals surface area (Å²) >= 11 is 0. The minimum atomic E-state index is -0.319. The highest BCUT2D eigenvalue weighted by molar-refractivity contribution is 5.87. The van der Waals surface area contributed by atoms with Gasteiger partial charge in [-0.3, -0.25) is 0 Å². The van der Waals surface area contributed by atoms with Gasteiger partial charge in [0.25, 0.3) is 0 Å². The first-order valence-corrected chi connectivity index (χ1v) is 12.1. The summed E-state index contributed by atoms with van der Waals surface area (Å²) in [6.45, 7) is 9.39. The van der Waals surface area contributed by atoms with Crippen LogP contribution in [0.15, 0.2) is 54.1 Å². The summed E-state index contributed by atoms with van der Waals surface area (Å²) in [5, 5.41) is 3.44. The van der Waals surface area contributed by atoms with Crippen molar-refractivity contribution in [1.29, 1.82) is 0 Å². The molecular weight excluding hydrogens is 394 g/mol. The Labute approximate surface area is 196 Å². The van der Waals surface area contributed by atoms with Crippen molar-refractivity contribution in [3.05, 3.63) is 59.7 Å². The maximum atomic E-state index is 11.4. The maximum absolute atomic E-state index is 11.4. The normalized spacial score (nSPS) is 12.6. The molecule has 0 bridgehead atoms. The van der Waals surface area contributed by atoms with Crippen LogP contribution in [0.2, 0.25) is 0 Å². The quantitative estimate of drug-likeness (QED) is 0.108. The van der Waals surface area contributed by atoms with Crippen molar-refractivity contribution in [1.82, 2.24) is 0 Å². The van der Waals surface area contributed by atoms with Gasteiger partial charge < -0.3 is 10.1 Å². The van der Waals surface area contributed by atoms with E-state index in [9.17, 15) is 4.79 Å². The number of anilines is 1. The Kier molecular flexibility index (Phi) is 15.3. The standard InChI is InChI=1S/C29H41NO2/c1-5-8-9-10-11-12-13-14-15-25(4)16-17-26(6-2)24-30-28-21-18-27(19-22-28)20-23-29(31)32-7-3/h6,16-23,25,30H,5,7-13,24H2,1-4H3/b17-16-,23-20+,26-6+. The van der Waals surface area contributed by atoms with E-state index in [0.717, 1.165) is 24.2 Å². The smallest absolute Gasteiger partial charge is 0.330 e. The second kappa shape index (κ2) is 17.9. The Bertz CT molecular complexity index is 791. The summed E-state index contributed by atoms with van der Waals surface area (Å²) in [6, 6.07) is 7.98. The SMILES string of the molecule is C/C=C(\C=C/C(C)C#CCCCCCCCC)CNc1ccc(/C=C/C(=O)OCC)cc1. The molecule has 0 aliphatic heterocycles. The Morgan fingerprint density at radius 1 is 1.06 bits per heavy atom. The number of esters is 1. The fourth-order valence-electron chi connectivity index (χ4n) is 3.07. The number of hydrogen-bond acceptors (Lipinski definition) is 3. The molecule has 0 amide bonds. The summed E-state index contributed by atoms with van der Waals surface area (Å²) in [6.07, 6.45) is 18.6. The molecule has 3 nitrogen and oxygen atoms in total. The Morgan fingerprint density at radius 3 is 2.47 bits per heavy atom. The van der Waals surface area contributed by atoms with Crippen LogP contribution in [0.1, 0.15) is 78.2 Å². The number of nitrogens with one attached hydrogen (secondary N) is 1. The van der Waals surface area contributed by atoms with Gasteiger partial charge in [0.2, 0.25) is 0 Å². The summed E-state index contributed by atoms with van der Waals surface area (Å²) < 4.78 is 4.89. The van der Waals surface area contributed by atoms with Crippen molar-refractivity contribution >= 4 is 17.7 Å². The van der Waals surface area contributed by atoms with E-state index < -0.39 is 0 Å². The van der Waals surface area contributed by atoms with Gasteiger partial charge in [0, 0.05) is 30.6 Å². The average Bonchev–Trinajstić information content (AvgIpc) is 2.80. The van der Waals surface area contributed by atoms with Crippen LogP contribution in [0.5, 0.6) is 0 Å². The highest BCUT2D eigenvalue weighted by Gasteiger charge is 1.97. The Balaban J connectivity index is 2.38. The van der Waals surface area contributed by atoms with E-state index in [1.165, 1.54) is 50.2 Å². The van der Waals surface area contributed by atoms with E-state index in [4.69, 9.17) is 4.74 Å². The van der Waals surface area contributed by atoms with Crippen LogP contribution in [0.4, 0.5) is 5.69 Å². The van der Waals surface area contributed by atoms with E-state index in [2.05, 4.69) is 56.2 Å². The zero-order valence-electron chi connectivity index (χ0n) is 20.5. The molecule has 0 spiro atoms. The first-order valence-electron chi connectivity index (χ1n) is 12.1. The molecule has 0 saturated carbocycles. The third kappa shape index (κ3) is 13.5. The van der Waals surface area contributed by atoms with Crippen LogP contribution < -0.4 is 5.32 Å². The molecule has 3 heteroatoms. The lowest BCUT2D eigenvalue weighted by atomic mass is 10.1. The van der Waals surface area contributed by atoms with Gasteiger partial charge in [0.15, 0.2) is 0 Å². The van der Waals surface area contributed by atoms with Crippen molar-refractivity contribution < 1.29 is 9.53 Å². The molecular formula is C29H41NO2. The van der Waals surface area contributed by atoms with E-state index >= 15 is 0 Å². The lowest BCUT2D eigenvalue weighted by Gasteiger charge is -2.08. The van der Waals surface area contributed by atoms with Crippen LogP contribution in [-0.4, -0.2) is 19.1 Å². The van der Waals surface area contributed by atoms with Crippen molar-refractivity contribution in [3.63, 3.8) is 0 Å². The van der Waals surface area contributed by atoms with Crippen LogP contribution in [0.25, 0.3) is 6.08 Å². The molecule has 0 saturated heterocycles. The van der Waals surface area contributed by atoms with E-state index in [-0.39, 0.29) is 11.9 Å². The molecule has 1 aromatic rings. The van der Waals surface area contributed by atoms with Crippen LogP contribution in [0.3, 0.4) is 0 Å². The van der Waals surface area contributed by atoms with Gasteiger partial charge in [-0.25, -0.2) is 4.79 Å². The number of unbranched alkanes of at least 4 members (excludes halogenated alkanes) is 6. The van der Waals surface area contributed by atoms with Crippen molar-refractivity contribution in [2.45, 2.75) is 72.6 Å². The fourth-order valence-corrected chi connectivity index (χ4v) is 3.07. The summed E-state index contributed by atoms with van der Waals surface area (Å²) in [4.78, 5) is 11.4. The molecule has 0 aliphatic rings. The fraction of sp³-hybridized carbons (Fsp3) is 0.483. The highest BCUT2D eigenvalue weighted by atomic mass is 16.5. The van der Waals surface area contributed by atoms with Gasteiger partial charge >= 0.3 is 5.97 Å². The molecule has 1 N–H and O–H groups in total. The van der Waals surface area contributed by atoms with Gasteiger partial charge in [-0.15, -0.1) is 5.92 Å². The van der Waals surface area contributed by atoms with Crippen LogP contribution in [0, 0.1) is 17.8 Å². The maximum Gasteiger partial charge on any atom is 0.330 e. The Hall–Kier alpha value is -2.73. The largest absolute Gasteiger partial charge is 0.463 e. The molecule has 1 atom stereocenters. The molecule has 0 aliphatic carbocycles. The molecule has 1 rings (SSSR count). The molecule has 1 unspecified atom stereocenters. The van der Waals surface area contributed by atoms with Crippen LogP contribution >= 0.6 is 0 Å². The first kappa shape index (κ1) is 27.3. The predicted octanol–water partition coefficient (Wildman–Crippen LogP) is 7.57. The number of rotatable bonds is 14. The minimum absolute atomic E-state index is 0.260. The van der Waals surface area contributed by atoms with E-state index in [1.54, 1.807) is 13.0 Å². The van der Waals surface area contributed by atoms with Crippen LogP contribution in [-0.2, 0) is 9.53 Å². The predicted molar refractivity (Wildman–Crippen MR) is 138 cm³/mol. The summed E-state index contributed by atoms with van der Waals surface area (Å²) in [5.74, 6) is 6.62. The number of carbonyl (C=O) groups excluding carboxylic acids is 1. The van der Waals surface area contributed by atoms with E-state index in [0.29, 0.717) is 6.61 Å². The molecule has 0 aromatic heterocycles. The number of hydrogen-bond donors (Lipinski definition) is 1. The number of benzene rings is 1. The molecule has 174 valence electrons. The second-order valence-electron chi connectivity index (χ2n) is 7.91. The average molecular weight is 436 g/mol. The second-order valence-corrected chi connectivity index (χ2v) is 7.91. The monoisotopic (exact) mass is 435 g/mol. The Morgan fingerprint density at radius 2 is 1.78 bits per heavy atom. The highest BCUT2D eigenvalue weighted by Crippen LogP contribution is 2.12. The van der Waals surface area contributed by atoms with Crippen molar-refractivity contribution in [2.24, 2.45) is 5.92 Å². The summed E-state index contributed by atoms with van der Waals surface area (Å²) in [5.41, 5.74) is 3.22. The number of allylic oxidation sites excluding steroid dienone is 2. The number of ether oxygens (including phenoxy) is 1. The van der Waals surface area contributed by atoms with E-state index in [1.807, 2.05) is 24.3 Å². The molecule has 0 heterocycles. The van der Waals surface area contributed by atoms with Gasteiger partial charge in [-0.1, -0.05) is 75.3 Å². The minimum Gasteiger partial charge on any atom is -0.463 e. The first-order chi connectivity index (χ1) is 15.6. The van der Waals surface area contributed by atoms with Gasteiger partial charge in [-0.05, 0) is 56.5 Å². The zero-order chi connectivity index (χ0) is 23.4. The van der Waals surface area contributed by atoms with Crippen molar-refractivity contribution in [2.75, 3.05) is 18.5 Å². The summed E-state index contributed by atoms with van der Waals surface area (Å²) in [7, 11) is 0. The van der Waals surface area contributed by atoms with Crippen molar-refractivity contribution in [3.8, 4) is 11.8 Å². The number of carbonyl (C=O) groups is 1. The lowest BCUT2D eigenvalue weighted by molar-refractivity contribution is -0.137. The molecule has 0 radical (unpaired) electrons. The zero-order valence-corrected chi connectivity index (χ0v) is 20.5. The molecule has 0 fully saturated rings. The van der Waals surface area contributed by atoms with Gasteiger partial charge in [-0.2, -0.15) is 0 Å². The topological polar surface area (TPSA) is 38.3 Å². The lowest BCUT2D eigenvalue weighted by Crippen LogP contribution is -2.03. The van der Waals surface area contributed by atoms with Gasteiger partial charge in [0.1, 0.15) is 0 Å². The molecule has 32 heavy (non-hydrogen) atoms. The molecule has 1 aromatic carbocycles. The third-order valence-corrected chi connectivity index (χ3v) is 5.06. The third-order valence-electron chi connectivity index (χ3n) is 5.06. The van der Waals surface area contributed by atoms with Gasteiger partial charge in [0.05, 0.1) is 6.61 Å².